The molecule has 3 rings (SSSR count). The Morgan fingerprint density at radius 3 is 2.54 bits per heavy atom. The van der Waals surface area contributed by atoms with Gasteiger partial charge in [0.25, 0.3) is 0 Å². The first-order valence-electron chi connectivity index (χ1n) is 8.37. The molecule has 26 heavy (non-hydrogen) atoms. The molecular weight excluding hydrogens is 348 g/mol. The maximum atomic E-state index is 6.34. The van der Waals surface area contributed by atoms with Gasteiger partial charge in [0.2, 0.25) is 0 Å². The van der Waals surface area contributed by atoms with Crippen molar-refractivity contribution in [2.75, 3.05) is 0 Å². The molecule has 5 nitrogen and oxygen atoms in total. The summed E-state index contributed by atoms with van der Waals surface area (Å²) in [5.41, 5.74) is 6.32. The summed E-state index contributed by atoms with van der Waals surface area (Å²) in [7, 11) is 0. The molecule has 0 saturated heterocycles. The maximum Gasteiger partial charge on any atom is 0.142 e. The Kier molecular flexibility index (Phi) is 5.68. The molecule has 0 amide bonds. The van der Waals surface area contributed by atoms with Crippen molar-refractivity contribution in [1.82, 2.24) is 14.8 Å². The zero-order chi connectivity index (χ0) is 18.5. The van der Waals surface area contributed by atoms with Crippen LogP contribution in [0.25, 0.3) is 0 Å². The van der Waals surface area contributed by atoms with E-state index in [4.69, 9.17) is 16.4 Å². The Morgan fingerprint density at radius 2 is 1.88 bits per heavy atom. The van der Waals surface area contributed by atoms with Crippen LogP contribution < -0.4 is 0 Å². The highest BCUT2D eigenvalue weighted by atomic mass is 35.5. The summed E-state index contributed by atoms with van der Waals surface area (Å²) in [5.74, 6) is 0. The number of rotatable bonds is 6. The second kappa shape index (κ2) is 8.15. The third kappa shape index (κ3) is 4.29. The van der Waals surface area contributed by atoms with Crippen LogP contribution in [-0.2, 0) is 18.0 Å². The summed E-state index contributed by atoms with van der Waals surface area (Å²) in [6.45, 7) is 7.11. The van der Waals surface area contributed by atoms with E-state index in [9.17, 15) is 0 Å². The summed E-state index contributed by atoms with van der Waals surface area (Å²) in [5, 5.41) is 9.14. The van der Waals surface area contributed by atoms with Gasteiger partial charge in [0, 0.05) is 10.6 Å². The molecule has 3 aromatic rings. The van der Waals surface area contributed by atoms with Crippen LogP contribution in [0, 0.1) is 20.8 Å². The summed E-state index contributed by atoms with van der Waals surface area (Å²) < 4.78 is 1.69. The molecule has 0 aliphatic heterocycles. The summed E-state index contributed by atoms with van der Waals surface area (Å²) in [6.07, 6.45) is 3.13. The van der Waals surface area contributed by atoms with Crippen molar-refractivity contribution in [3.05, 3.63) is 81.9 Å². The Morgan fingerprint density at radius 1 is 1.15 bits per heavy atom. The molecule has 6 heteroatoms. The molecule has 0 atom stereocenters. The van der Waals surface area contributed by atoms with Gasteiger partial charge in [0.05, 0.1) is 6.54 Å². The van der Waals surface area contributed by atoms with Crippen molar-refractivity contribution < 1.29 is 4.84 Å². The van der Waals surface area contributed by atoms with E-state index in [1.807, 2.05) is 24.3 Å². The zero-order valence-electron chi connectivity index (χ0n) is 15.1. The molecule has 2 aromatic carbocycles. The van der Waals surface area contributed by atoms with Gasteiger partial charge in [-0.15, -0.1) is 0 Å². The third-order valence-corrected chi connectivity index (χ3v) is 4.52. The number of aromatic nitrogens is 3. The maximum absolute atomic E-state index is 6.34. The Bertz CT molecular complexity index is 896. The Balaban J connectivity index is 1.84. The van der Waals surface area contributed by atoms with Gasteiger partial charge >= 0.3 is 0 Å². The first kappa shape index (κ1) is 18.1. The van der Waals surface area contributed by atoms with Crippen LogP contribution in [-0.4, -0.2) is 20.5 Å². The summed E-state index contributed by atoms with van der Waals surface area (Å²) in [4.78, 5) is 9.68. The zero-order valence-corrected chi connectivity index (χ0v) is 15.9. The topological polar surface area (TPSA) is 52.3 Å². The quantitative estimate of drug-likeness (QED) is 0.476. The summed E-state index contributed by atoms with van der Waals surface area (Å²) in [6, 6.07) is 11.9. The van der Waals surface area contributed by atoms with E-state index in [-0.39, 0.29) is 0 Å². The van der Waals surface area contributed by atoms with Crippen LogP contribution in [0.4, 0.5) is 0 Å². The van der Waals surface area contributed by atoms with E-state index in [1.54, 1.807) is 11.0 Å². The number of hydrogen-bond donors (Lipinski definition) is 0. The van der Waals surface area contributed by atoms with E-state index < -0.39 is 0 Å². The van der Waals surface area contributed by atoms with E-state index in [0.29, 0.717) is 23.9 Å². The standard InChI is InChI=1S/C20H21ClN4O/c1-14-8-15(2)18(16(3)9-14)11-26-24-20(10-25-13-22-12-23-25)17-6-4-5-7-19(17)21/h4-9,12-13H,10-11H2,1-3H3. The van der Waals surface area contributed by atoms with Crippen molar-refractivity contribution in [2.24, 2.45) is 5.16 Å². The van der Waals surface area contributed by atoms with Gasteiger partial charge in [0.15, 0.2) is 0 Å². The molecule has 0 aliphatic rings. The minimum Gasteiger partial charge on any atom is -0.391 e. The van der Waals surface area contributed by atoms with Gasteiger partial charge < -0.3 is 4.84 Å². The molecule has 1 aromatic heterocycles. The second-order valence-electron chi connectivity index (χ2n) is 6.26. The molecule has 1 heterocycles. The molecular formula is C20H21ClN4O. The van der Waals surface area contributed by atoms with Gasteiger partial charge in [-0.05, 0) is 43.5 Å². The molecule has 0 N–H and O–H groups in total. The Labute approximate surface area is 158 Å². The molecule has 0 saturated carbocycles. The lowest BCUT2D eigenvalue weighted by Crippen LogP contribution is -2.13. The lowest BCUT2D eigenvalue weighted by molar-refractivity contribution is 0.129. The molecule has 0 fully saturated rings. The van der Waals surface area contributed by atoms with E-state index in [1.165, 1.54) is 23.0 Å². The predicted octanol–water partition coefficient (Wildman–Crippen LogP) is 4.48. The average molecular weight is 369 g/mol. The molecule has 134 valence electrons. The molecule has 0 unspecified atom stereocenters. The number of hydrogen-bond acceptors (Lipinski definition) is 4. The predicted molar refractivity (Wildman–Crippen MR) is 103 cm³/mol. The van der Waals surface area contributed by atoms with Crippen LogP contribution in [0.2, 0.25) is 5.02 Å². The smallest absolute Gasteiger partial charge is 0.142 e. The SMILES string of the molecule is Cc1cc(C)c(CON=C(Cn2cncn2)c2ccccc2Cl)c(C)c1. The average Bonchev–Trinajstić information content (AvgIpc) is 3.10. The highest BCUT2D eigenvalue weighted by Crippen LogP contribution is 2.19. The number of aryl methyl sites for hydroxylation is 3. The number of oxime groups is 1. The van der Waals surface area contributed by atoms with Gasteiger partial charge in [-0.3, -0.25) is 0 Å². The van der Waals surface area contributed by atoms with Crippen LogP contribution in [0.5, 0.6) is 0 Å². The fourth-order valence-corrected chi connectivity index (χ4v) is 3.18. The molecule has 0 radical (unpaired) electrons. The fourth-order valence-electron chi connectivity index (χ4n) is 2.94. The van der Waals surface area contributed by atoms with Crippen molar-refractivity contribution in [3.63, 3.8) is 0 Å². The number of benzene rings is 2. The van der Waals surface area contributed by atoms with Crippen molar-refractivity contribution in [2.45, 2.75) is 33.9 Å². The lowest BCUT2D eigenvalue weighted by atomic mass is 10.0. The largest absolute Gasteiger partial charge is 0.391 e. The minimum absolute atomic E-state index is 0.406. The lowest BCUT2D eigenvalue weighted by Gasteiger charge is -2.12. The van der Waals surface area contributed by atoms with Gasteiger partial charge in [-0.25, -0.2) is 9.67 Å². The van der Waals surface area contributed by atoms with Gasteiger partial charge in [-0.2, -0.15) is 5.10 Å². The van der Waals surface area contributed by atoms with Gasteiger partial charge in [-0.1, -0.05) is 52.7 Å². The summed E-state index contributed by atoms with van der Waals surface area (Å²) >= 11 is 6.34. The van der Waals surface area contributed by atoms with Crippen LogP contribution in [0.1, 0.15) is 27.8 Å². The van der Waals surface area contributed by atoms with Crippen LogP contribution >= 0.6 is 11.6 Å². The third-order valence-electron chi connectivity index (χ3n) is 4.19. The number of halogens is 1. The normalized spacial score (nSPS) is 11.6. The first-order valence-corrected chi connectivity index (χ1v) is 8.75. The van der Waals surface area contributed by atoms with Crippen LogP contribution in [0.3, 0.4) is 0 Å². The fraction of sp³-hybridized carbons (Fsp3) is 0.250. The van der Waals surface area contributed by atoms with Crippen molar-refractivity contribution in [1.29, 1.82) is 0 Å². The molecule has 0 bridgehead atoms. The number of nitrogens with zero attached hydrogens (tertiary/aromatic N) is 4. The monoisotopic (exact) mass is 368 g/mol. The van der Waals surface area contributed by atoms with E-state index in [0.717, 1.165) is 11.1 Å². The molecule has 0 aliphatic carbocycles. The van der Waals surface area contributed by atoms with Crippen molar-refractivity contribution >= 4 is 17.3 Å². The molecule has 0 spiro atoms. The highest BCUT2D eigenvalue weighted by Gasteiger charge is 2.11. The Hall–Kier alpha value is -2.66. The van der Waals surface area contributed by atoms with E-state index >= 15 is 0 Å². The van der Waals surface area contributed by atoms with Gasteiger partial charge in [0.1, 0.15) is 25.0 Å². The minimum atomic E-state index is 0.406. The highest BCUT2D eigenvalue weighted by molar-refractivity contribution is 6.34. The first-order chi connectivity index (χ1) is 12.5. The second-order valence-corrected chi connectivity index (χ2v) is 6.67. The van der Waals surface area contributed by atoms with Crippen LogP contribution in [0.15, 0.2) is 54.2 Å². The van der Waals surface area contributed by atoms with Crippen molar-refractivity contribution in [3.8, 4) is 0 Å². The van der Waals surface area contributed by atoms with E-state index in [2.05, 4.69) is 48.1 Å².